The Balaban J connectivity index is 1.88. The van der Waals surface area contributed by atoms with Gasteiger partial charge in [-0.2, -0.15) is 0 Å². The Labute approximate surface area is 126 Å². The summed E-state index contributed by atoms with van der Waals surface area (Å²) in [7, 11) is 1.65. The van der Waals surface area contributed by atoms with Crippen molar-refractivity contribution in [3.63, 3.8) is 0 Å². The molecule has 0 radical (unpaired) electrons. The molecule has 0 atom stereocenters. The molecule has 0 spiro atoms. The van der Waals surface area contributed by atoms with Crippen LogP contribution in [0.5, 0.6) is 5.75 Å². The van der Waals surface area contributed by atoms with E-state index in [4.69, 9.17) is 14.8 Å². The Kier molecular flexibility index (Phi) is 3.90. The molecule has 110 valence electrons. The van der Waals surface area contributed by atoms with E-state index in [0.717, 1.165) is 39.9 Å². The van der Waals surface area contributed by atoms with Crippen LogP contribution in [0.4, 0.5) is 0 Å². The second-order valence-corrected chi connectivity index (χ2v) is 6.03. The van der Waals surface area contributed by atoms with Crippen molar-refractivity contribution in [2.75, 3.05) is 20.2 Å². The molecule has 2 heterocycles. The standard InChI is InChI=1S/C15H16N2O3S/c1-20-12-5-3-2-4-10(12)15-16-11-6-7-17(9-14(18)19)8-13(11)21-15/h2-5H,6-9H2,1H3,(H,18,19). The molecular formula is C15H16N2O3S. The molecule has 0 fully saturated rings. The molecule has 2 aromatic rings. The van der Waals surface area contributed by atoms with Gasteiger partial charge < -0.3 is 9.84 Å². The summed E-state index contributed by atoms with van der Waals surface area (Å²) in [4.78, 5) is 18.6. The summed E-state index contributed by atoms with van der Waals surface area (Å²) in [6.45, 7) is 1.49. The highest BCUT2D eigenvalue weighted by atomic mass is 32.1. The van der Waals surface area contributed by atoms with E-state index in [0.29, 0.717) is 6.54 Å². The second kappa shape index (κ2) is 5.83. The van der Waals surface area contributed by atoms with Gasteiger partial charge in [0.1, 0.15) is 10.8 Å². The van der Waals surface area contributed by atoms with Gasteiger partial charge in [-0.3, -0.25) is 9.69 Å². The Morgan fingerprint density at radius 3 is 3.05 bits per heavy atom. The predicted octanol–water partition coefficient (Wildman–Crippen LogP) is 2.26. The number of aliphatic carboxylic acids is 1. The van der Waals surface area contributed by atoms with Gasteiger partial charge in [-0.05, 0) is 12.1 Å². The zero-order valence-electron chi connectivity index (χ0n) is 11.7. The molecule has 5 nitrogen and oxygen atoms in total. The zero-order valence-corrected chi connectivity index (χ0v) is 12.5. The van der Waals surface area contributed by atoms with Crippen LogP contribution in [0.25, 0.3) is 10.6 Å². The van der Waals surface area contributed by atoms with Gasteiger partial charge in [-0.1, -0.05) is 12.1 Å². The quantitative estimate of drug-likeness (QED) is 0.939. The molecule has 0 saturated carbocycles. The maximum absolute atomic E-state index is 10.8. The van der Waals surface area contributed by atoms with E-state index in [9.17, 15) is 4.79 Å². The van der Waals surface area contributed by atoms with Gasteiger partial charge in [0, 0.05) is 24.4 Å². The summed E-state index contributed by atoms with van der Waals surface area (Å²) >= 11 is 1.62. The van der Waals surface area contributed by atoms with Gasteiger partial charge >= 0.3 is 5.97 Å². The molecule has 0 amide bonds. The number of fused-ring (bicyclic) bond motifs is 1. The third-order valence-corrected chi connectivity index (χ3v) is 4.62. The molecule has 0 aliphatic carbocycles. The van der Waals surface area contributed by atoms with Crippen LogP contribution >= 0.6 is 11.3 Å². The van der Waals surface area contributed by atoms with Crippen LogP contribution in [0.3, 0.4) is 0 Å². The second-order valence-electron chi connectivity index (χ2n) is 4.94. The molecule has 6 heteroatoms. The minimum Gasteiger partial charge on any atom is -0.496 e. The highest BCUT2D eigenvalue weighted by Gasteiger charge is 2.23. The normalized spacial score (nSPS) is 14.7. The number of carboxylic acids is 1. The van der Waals surface area contributed by atoms with Gasteiger partial charge in [0.25, 0.3) is 0 Å². The van der Waals surface area contributed by atoms with Crippen LogP contribution in [-0.2, 0) is 17.8 Å². The van der Waals surface area contributed by atoms with Crippen LogP contribution in [0.1, 0.15) is 10.6 Å². The van der Waals surface area contributed by atoms with Crippen molar-refractivity contribution in [1.82, 2.24) is 9.88 Å². The van der Waals surface area contributed by atoms with Gasteiger partial charge in [-0.15, -0.1) is 11.3 Å². The molecule has 0 saturated heterocycles. The Morgan fingerprint density at radius 2 is 2.29 bits per heavy atom. The zero-order chi connectivity index (χ0) is 14.8. The summed E-state index contributed by atoms with van der Waals surface area (Å²) in [5.74, 6) is 0.0268. The van der Waals surface area contributed by atoms with E-state index in [1.807, 2.05) is 29.2 Å². The van der Waals surface area contributed by atoms with Crippen molar-refractivity contribution >= 4 is 17.3 Å². The number of rotatable bonds is 4. The van der Waals surface area contributed by atoms with E-state index in [1.54, 1.807) is 18.4 Å². The molecule has 1 aliphatic heterocycles. The monoisotopic (exact) mass is 304 g/mol. The number of nitrogens with zero attached hydrogens (tertiary/aromatic N) is 2. The number of hydrogen-bond donors (Lipinski definition) is 1. The molecule has 1 aliphatic rings. The molecule has 1 aromatic carbocycles. The highest BCUT2D eigenvalue weighted by Crippen LogP contribution is 2.36. The number of benzene rings is 1. The van der Waals surface area contributed by atoms with E-state index in [-0.39, 0.29) is 6.54 Å². The molecule has 1 N–H and O–H groups in total. The highest BCUT2D eigenvalue weighted by molar-refractivity contribution is 7.15. The minimum absolute atomic E-state index is 0.0847. The third kappa shape index (κ3) is 2.91. The van der Waals surface area contributed by atoms with Crippen LogP contribution in [0.2, 0.25) is 0 Å². The molecule has 0 unspecified atom stereocenters. The summed E-state index contributed by atoms with van der Waals surface area (Å²) in [6, 6.07) is 7.82. The largest absolute Gasteiger partial charge is 0.496 e. The number of ether oxygens (including phenoxy) is 1. The Morgan fingerprint density at radius 1 is 1.48 bits per heavy atom. The minimum atomic E-state index is -0.784. The van der Waals surface area contributed by atoms with Crippen LogP contribution in [-0.4, -0.2) is 41.2 Å². The average Bonchev–Trinajstić information content (AvgIpc) is 2.89. The van der Waals surface area contributed by atoms with E-state index < -0.39 is 5.97 Å². The summed E-state index contributed by atoms with van der Waals surface area (Å²) < 4.78 is 5.38. The number of aromatic nitrogens is 1. The van der Waals surface area contributed by atoms with Gasteiger partial charge in [-0.25, -0.2) is 4.98 Å². The first-order valence-electron chi connectivity index (χ1n) is 6.73. The number of methoxy groups -OCH3 is 1. The lowest BCUT2D eigenvalue weighted by atomic mass is 10.1. The summed E-state index contributed by atoms with van der Waals surface area (Å²) in [5, 5.41) is 9.83. The fourth-order valence-electron chi connectivity index (χ4n) is 2.51. The lowest BCUT2D eigenvalue weighted by molar-refractivity contribution is -0.138. The van der Waals surface area contributed by atoms with Crippen molar-refractivity contribution < 1.29 is 14.6 Å². The topological polar surface area (TPSA) is 62.7 Å². The number of para-hydroxylation sites is 1. The van der Waals surface area contributed by atoms with Gasteiger partial charge in [0.15, 0.2) is 0 Å². The average molecular weight is 304 g/mol. The Hall–Kier alpha value is -1.92. The number of carboxylic acid groups (broad SMARTS) is 1. The summed E-state index contributed by atoms with van der Waals surface area (Å²) in [5.41, 5.74) is 2.08. The van der Waals surface area contributed by atoms with Gasteiger partial charge in [0.05, 0.1) is 24.9 Å². The first kappa shape index (κ1) is 14.0. The molecule has 21 heavy (non-hydrogen) atoms. The lowest BCUT2D eigenvalue weighted by Gasteiger charge is -2.23. The number of carbonyl (C=O) groups is 1. The SMILES string of the molecule is COc1ccccc1-c1nc2c(s1)CN(CC(=O)O)CC2. The van der Waals surface area contributed by atoms with Crippen molar-refractivity contribution in [2.45, 2.75) is 13.0 Å². The van der Waals surface area contributed by atoms with Crippen LogP contribution < -0.4 is 4.74 Å². The van der Waals surface area contributed by atoms with Crippen LogP contribution in [0.15, 0.2) is 24.3 Å². The van der Waals surface area contributed by atoms with Crippen molar-refractivity contribution in [1.29, 1.82) is 0 Å². The van der Waals surface area contributed by atoms with E-state index in [2.05, 4.69) is 0 Å². The van der Waals surface area contributed by atoms with Crippen molar-refractivity contribution in [3.05, 3.63) is 34.8 Å². The summed E-state index contributed by atoms with van der Waals surface area (Å²) in [6.07, 6.45) is 0.800. The van der Waals surface area contributed by atoms with Gasteiger partial charge in [0.2, 0.25) is 0 Å². The number of hydrogen-bond acceptors (Lipinski definition) is 5. The first-order chi connectivity index (χ1) is 10.2. The fraction of sp³-hybridized carbons (Fsp3) is 0.333. The lowest BCUT2D eigenvalue weighted by Crippen LogP contribution is -2.34. The third-order valence-electron chi connectivity index (χ3n) is 3.51. The molecule has 1 aromatic heterocycles. The smallest absolute Gasteiger partial charge is 0.317 e. The molecular weight excluding hydrogens is 288 g/mol. The van der Waals surface area contributed by atoms with Crippen LogP contribution in [0, 0.1) is 0 Å². The number of thiazole rings is 1. The van der Waals surface area contributed by atoms with E-state index >= 15 is 0 Å². The molecule has 0 bridgehead atoms. The maximum Gasteiger partial charge on any atom is 0.317 e. The van der Waals surface area contributed by atoms with Crippen molar-refractivity contribution in [3.8, 4) is 16.3 Å². The fourth-order valence-corrected chi connectivity index (χ4v) is 3.69. The Bertz CT molecular complexity index is 669. The van der Waals surface area contributed by atoms with E-state index in [1.165, 1.54) is 0 Å². The predicted molar refractivity (Wildman–Crippen MR) is 80.7 cm³/mol. The maximum atomic E-state index is 10.8. The first-order valence-corrected chi connectivity index (χ1v) is 7.55. The van der Waals surface area contributed by atoms with Crippen molar-refractivity contribution in [2.24, 2.45) is 0 Å². The molecule has 3 rings (SSSR count).